The Kier molecular flexibility index (Phi) is 7.81. The molecule has 4 unspecified atom stereocenters. The van der Waals surface area contributed by atoms with E-state index >= 15 is 0 Å². The van der Waals surface area contributed by atoms with E-state index in [0.717, 1.165) is 49.1 Å². The minimum atomic E-state index is -0.544. The average Bonchev–Trinajstić information content (AvgIpc) is 2.83. The highest BCUT2D eigenvalue weighted by atomic mass is 19.1. The van der Waals surface area contributed by atoms with E-state index < -0.39 is 11.6 Å². The fourth-order valence-electron chi connectivity index (χ4n) is 5.70. The third kappa shape index (κ3) is 5.83. The summed E-state index contributed by atoms with van der Waals surface area (Å²) in [7, 11) is 0. The van der Waals surface area contributed by atoms with E-state index in [1.54, 1.807) is 0 Å². The minimum Gasteiger partial charge on any atom is -0.206 e. The van der Waals surface area contributed by atoms with Gasteiger partial charge in [0.1, 0.15) is 11.6 Å². The Morgan fingerprint density at radius 2 is 1.64 bits per heavy atom. The van der Waals surface area contributed by atoms with E-state index in [-0.39, 0.29) is 11.5 Å². The maximum atomic E-state index is 14.9. The topological polar surface area (TPSA) is 0 Å². The monoisotopic (exact) mass is 444 g/mol. The second kappa shape index (κ2) is 11.0. The van der Waals surface area contributed by atoms with Crippen LogP contribution in [0.2, 0.25) is 0 Å². The summed E-state index contributed by atoms with van der Waals surface area (Å²) in [5.74, 6) is 6.88. The lowest BCUT2D eigenvalue weighted by Gasteiger charge is -2.41. The van der Waals surface area contributed by atoms with E-state index in [1.807, 2.05) is 37.3 Å². The first-order valence-corrected chi connectivity index (χ1v) is 12.4. The van der Waals surface area contributed by atoms with Gasteiger partial charge in [-0.05, 0) is 117 Å². The standard InChI is InChI=1S/C31H34F2/c1-3-5-6-7-23-8-10-24(11-9-23)13-17-29-30(32)20-28(21-31(29)33)27-16-15-25-18-22(4-2)12-14-26(25)19-27/h3-5,8-11,20-22,25-27H,2,6-7,12,14-16,18-19H2,1H3/b5-3+. The molecule has 0 radical (unpaired) electrons. The normalized spacial score (nSPS) is 24.7. The van der Waals surface area contributed by atoms with E-state index in [4.69, 9.17) is 0 Å². The lowest BCUT2D eigenvalue weighted by molar-refractivity contribution is 0.133. The molecule has 0 heterocycles. The van der Waals surface area contributed by atoms with Crippen molar-refractivity contribution in [3.8, 4) is 11.8 Å². The van der Waals surface area contributed by atoms with Gasteiger partial charge < -0.3 is 0 Å². The van der Waals surface area contributed by atoms with Crippen molar-refractivity contribution in [2.75, 3.05) is 0 Å². The molecular weight excluding hydrogens is 410 g/mol. The number of benzene rings is 2. The smallest absolute Gasteiger partial charge is 0.142 e. The number of aryl methyl sites for hydroxylation is 1. The first-order valence-electron chi connectivity index (χ1n) is 12.4. The Labute approximate surface area is 197 Å². The number of rotatable bonds is 5. The van der Waals surface area contributed by atoms with E-state index in [2.05, 4.69) is 30.6 Å². The van der Waals surface area contributed by atoms with Crippen LogP contribution in [-0.2, 0) is 6.42 Å². The first-order chi connectivity index (χ1) is 16.1. The SMILES string of the molecule is C=CC1CCC2CC(c3cc(F)c(C#Cc4ccc(CC/C=C/C)cc4)c(F)c3)CCC2C1. The third-order valence-electron chi connectivity index (χ3n) is 7.64. The van der Waals surface area contributed by atoms with Gasteiger partial charge in [-0.1, -0.05) is 42.2 Å². The molecule has 172 valence electrons. The van der Waals surface area contributed by atoms with Gasteiger partial charge in [-0.25, -0.2) is 8.78 Å². The van der Waals surface area contributed by atoms with Crippen LogP contribution in [-0.4, -0.2) is 0 Å². The quantitative estimate of drug-likeness (QED) is 0.321. The molecule has 2 aliphatic rings. The lowest BCUT2D eigenvalue weighted by atomic mass is 9.64. The highest BCUT2D eigenvalue weighted by Gasteiger charge is 2.35. The highest BCUT2D eigenvalue weighted by Crippen LogP contribution is 2.48. The molecular formula is C31H34F2. The maximum absolute atomic E-state index is 14.9. The molecule has 0 amide bonds. The summed E-state index contributed by atoms with van der Waals surface area (Å²) in [6.07, 6.45) is 15.1. The van der Waals surface area contributed by atoms with Crippen LogP contribution in [0, 0.1) is 41.2 Å². The van der Waals surface area contributed by atoms with Crippen LogP contribution in [0.5, 0.6) is 0 Å². The van der Waals surface area contributed by atoms with Crippen molar-refractivity contribution in [2.24, 2.45) is 17.8 Å². The molecule has 0 nitrogen and oxygen atoms in total. The van der Waals surface area contributed by atoms with Gasteiger partial charge in [0.05, 0.1) is 5.56 Å². The van der Waals surface area contributed by atoms with Crippen molar-refractivity contribution in [1.29, 1.82) is 0 Å². The van der Waals surface area contributed by atoms with Gasteiger partial charge in [-0.2, -0.15) is 0 Å². The predicted molar refractivity (Wildman–Crippen MR) is 133 cm³/mol. The number of fused-ring (bicyclic) bond motifs is 1. The Morgan fingerprint density at radius 3 is 2.33 bits per heavy atom. The summed E-state index contributed by atoms with van der Waals surface area (Å²) < 4.78 is 29.8. The molecule has 0 aromatic heterocycles. The molecule has 2 saturated carbocycles. The summed E-state index contributed by atoms with van der Waals surface area (Å²) >= 11 is 0. The zero-order valence-electron chi connectivity index (χ0n) is 19.6. The summed E-state index contributed by atoms with van der Waals surface area (Å²) in [6.45, 7) is 5.98. The predicted octanol–water partition coefficient (Wildman–Crippen LogP) is 8.36. The van der Waals surface area contributed by atoms with Crippen molar-refractivity contribution in [3.05, 3.63) is 95.1 Å². The average molecular weight is 445 g/mol. The molecule has 0 spiro atoms. The molecule has 0 aliphatic heterocycles. The van der Waals surface area contributed by atoms with Gasteiger partial charge in [-0.3, -0.25) is 0 Å². The van der Waals surface area contributed by atoms with Crippen LogP contribution in [0.3, 0.4) is 0 Å². The largest absolute Gasteiger partial charge is 0.206 e. The van der Waals surface area contributed by atoms with Gasteiger partial charge in [0.2, 0.25) is 0 Å². The zero-order valence-corrected chi connectivity index (χ0v) is 19.6. The molecule has 33 heavy (non-hydrogen) atoms. The van der Waals surface area contributed by atoms with Gasteiger partial charge in [-0.15, -0.1) is 6.58 Å². The second-order valence-electron chi connectivity index (χ2n) is 9.75. The van der Waals surface area contributed by atoms with Crippen LogP contribution >= 0.6 is 0 Å². The Balaban J connectivity index is 1.44. The number of hydrogen-bond donors (Lipinski definition) is 0. The van der Waals surface area contributed by atoms with Gasteiger partial charge in [0.15, 0.2) is 0 Å². The molecule has 2 heteroatoms. The summed E-state index contributed by atoms with van der Waals surface area (Å²) in [5.41, 5.74) is 2.66. The lowest BCUT2D eigenvalue weighted by Crippen LogP contribution is -2.30. The van der Waals surface area contributed by atoms with E-state index in [9.17, 15) is 8.78 Å². The van der Waals surface area contributed by atoms with Crippen LogP contribution in [0.25, 0.3) is 0 Å². The fourth-order valence-corrected chi connectivity index (χ4v) is 5.70. The summed E-state index contributed by atoms with van der Waals surface area (Å²) in [5, 5.41) is 0. The van der Waals surface area contributed by atoms with Crippen molar-refractivity contribution in [1.82, 2.24) is 0 Å². The van der Waals surface area contributed by atoms with E-state index in [0.29, 0.717) is 11.8 Å². The Hall–Kier alpha value is -2.66. The first kappa shape index (κ1) is 23.5. The number of hydrogen-bond acceptors (Lipinski definition) is 0. The van der Waals surface area contributed by atoms with Crippen molar-refractivity contribution in [2.45, 2.75) is 64.2 Å². The van der Waals surface area contributed by atoms with Crippen molar-refractivity contribution < 1.29 is 8.78 Å². The Morgan fingerprint density at radius 1 is 0.939 bits per heavy atom. The van der Waals surface area contributed by atoms with Crippen molar-refractivity contribution in [3.63, 3.8) is 0 Å². The molecule has 0 N–H and O–H groups in total. The second-order valence-corrected chi connectivity index (χ2v) is 9.75. The van der Waals surface area contributed by atoms with Crippen molar-refractivity contribution >= 4 is 0 Å². The van der Waals surface area contributed by atoms with Crippen LogP contribution in [0.4, 0.5) is 8.78 Å². The molecule has 0 bridgehead atoms. The van der Waals surface area contributed by atoms with Gasteiger partial charge in [0, 0.05) is 5.56 Å². The molecule has 4 rings (SSSR count). The molecule has 2 fully saturated rings. The molecule has 4 atom stereocenters. The summed E-state index contributed by atoms with van der Waals surface area (Å²) in [6, 6.07) is 10.9. The van der Waals surface area contributed by atoms with Gasteiger partial charge in [0.25, 0.3) is 0 Å². The maximum Gasteiger partial charge on any atom is 0.142 e. The zero-order chi connectivity index (χ0) is 23.2. The Bertz CT molecular complexity index is 1030. The van der Waals surface area contributed by atoms with Gasteiger partial charge >= 0.3 is 0 Å². The highest BCUT2D eigenvalue weighted by molar-refractivity contribution is 5.46. The minimum absolute atomic E-state index is 0.129. The fraction of sp³-hybridized carbons (Fsp3) is 0.419. The molecule has 2 aliphatic carbocycles. The molecule has 2 aromatic rings. The van der Waals surface area contributed by atoms with Crippen LogP contribution in [0.15, 0.2) is 61.2 Å². The van der Waals surface area contributed by atoms with E-state index in [1.165, 1.54) is 37.0 Å². The molecule has 0 saturated heterocycles. The summed E-state index contributed by atoms with van der Waals surface area (Å²) in [4.78, 5) is 0. The number of halogens is 2. The number of allylic oxidation sites excluding steroid dienone is 3. The molecule has 2 aromatic carbocycles. The third-order valence-corrected chi connectivity index (χ3v) is 7.64. The van der Waals surface area contributed by atoms with Crippen LogP contribution < -0.4 is 0 Å². The van der Waals surface area contributed by atoms with Crippen LogP contribution in [0.1, 0.15) is 80.0 Å².